The Morgan fingerprint density at radius 3 is 2.17 bits per heavy atom. The van der Waals surface area contributed by atoms with Crippen LogP contribution in [0.1, 0.15) is 38.8 Å². The van der Waals surface area contributed by atoms with E-state index in [1.807, 2.05) is 88.5 Å². The van der Waals surface area contributed by atoms with Gasteiger partial charge in [-0.05, 0) is 93.6 Å². The third kappa shape index (κ3) is 9.87. The minimum absolute atomic E-state index is 0.0317. The predicted molar refractivity (Wildman–Crippen MR) is 197 cm³/mol. The van der Waals surface area contributed by atoms with Crippen molar-refractivity contribution in [2.24, 2.45) is 0 Å². The number of anilines is 1. The van der Waals surface area contributed by atoms with Crippen LogP contribution < -0.4 is 14.4 Å². The normalized spacial score (nSPS) is 12.2. The molecule has 254 valence electrons. The average molecular weight is 753 g/mol. The summed E-state index contributed by atoms with van der Waals surface area (Å²) in [7, 11) is -4.27. The van der Waals surface area contributed by atoms with Crippen LogP contribution in [0.15, 0.2) is 117 Å². The van der Waals surface area contributed by atoms with E-state index in [-0.39, 0.29) is 29.5 Å². The fraction of sp³-hybridized carbons (Fsp3) is 0.297. The van der Waals surface area contributed by atoms with Gasteiger partial charge >= 0.3 is 0 Å². The van der Waals surface area contributed by atoms with Gasteiger partial charge in [0, 0.05) is 27.9 Å². The van der Waals surface area contributed by atoms with Crippen molar-refractivity contribution >= 4 is 55.2 Å². The van der Waals surface area contributed by atoms with Gasteiger partial charge in [0.1, 0.15) is 18.3 Å². The molecule has 1 atom stereocenters. The third-order valence-electron chi connectivity index (χ3n) is 7.37. The number of carbonyl (C=O) groups excluding carboxylic acids is 2. The zero-order valence-corrected chi connectivity index (χ0v) is 31.1. The van der Waals surface area contributed by atoms with Crippen LogP contribution in [0.25, 0.3) is 0 Å². The predicted octanol–water partition coefficient (Wildman–Crippen LogP) is 7.32. The lowest BCUT2D eigenvalue weighted by molar-refractivity contribution is -0.140. The number of thioether (sulfide) groups is 1. The van der Waals surface area contributed by atoms with Crippen LogP contribution in [0, 0.1) is 0 Å². The molecule has 11 heteroatoms. The maximum Gasteiger partial charge on any atom is 0.264 e. The molecule has 0 saturated heterocycles. The molecule has 4 aromatic carbocycles. The smallest absolute Gasteiger partial charge is 0.264 e. The zero-order chi connectivity index (χ0) is 34.9. The fourth-order valence-corrected chi connectivity index (χ4v) is 7.45. The Hall–Kier alpha value is -3.80. The molecule has 0 bridgehead atoms. The van der Waals surface area contributed by atoms with Crippen LogP contribution in [0.3, 0.4) is 0 Å². The number of nitrogens with one attached hydrogen (secondary N) is 1. The highest BCUT2D eigenvalue weighted by Gasteiger charge is 2.36. The second-order valence-corrected chi connectivity index (χ2v) is 15.8. The van der Waals surface area contributed by atoms with Crippen molar-refractivity contribution in [1.29, 1.82) is 0 Å². The number of ether oxygens (including phenoxy) is 1. The quantitative estimate of drug-likeness (QED) is 0.136. The molecule has 8 nitrogen and oxygen atoms in total. The van der Waals surface area contributed by atoms with Gasteiger partial charge in [-0.15, -0.1) is 11.8 Å². The SMILES string of the molecule is CCOc1ccccc1N(CC(=O)N(Cc1cccc(Br)c1)C(Cc1ccccc1)C(=O)NC(C)(C)C)S(=O)(=O)c1ccc(SC)cc1. The summed E-state index contributed by atoms with van der Waals surface area (Å²) in [4.78, 5) is 31.2. The molecular formula is C37H42BrN3O5S2. The average Bonchev–Trinajstić information content (AvgIpc) is 3.05. The van der Waals surface area contributed by atoms with Crippen LogP contribution in [0.4, 0.5) is 5.69 Å². The van der Waals surface area contributed by atoms with Crippen molar-refractivity contribution in [2.45, 2.75) is 62.0 Å². The minimum Gasteiger partial charge on any atom is -0.492 e. The van der Waals surface area contributed by atoms with Gasteiger partial charge in [-0.3, -0.25) is 13.9 Å². The molecule has 0 radical (unpaired) electrons. The number of benzene rings is 4. The van der Waals surface area contributed by atoms with Crippen LogP contribution in [-0.4, -0.2) is 56.1 Å². The van der Waals surface area contributed by atoms with Crippen LogP contribution in [0.5, 0.6) is 5.75 Å². The number of nitrogens with zero attached hydrogens (tertiary/aromatic N) is 2. The molecule has 4 rings (SSSR count). The summed E-state index contributed by atoms with van der Waals surface area (Å²) in [5, 5.41) is 3.05. The number of hydrogen-bond acceptors (Lipinski definition) is 6. The summed E-state index contributed by atoms with van der Waals surface area (Å²) in [5.74, 6) is -0.566. The molecule has 0 aliphatic rings. The number of amides is 2. The Kier molecular flexibility index (Phi) is 12.8. The third-order valence-corrected chi connectivity index (χ3v) is 10.4. The van der Waals surface area contributed by atoms with Crippen molar-refractivity contribution in [3.63, 3.8) is 0 Å². The van der Waals surface area contributed by atoms with Crippen molar-refractivity contribution < 1.29 is 22.7 Å². The number of para-hydroxylation sites is 2. The van der Waals surface area contributed by atoms with E-state index in [0.717, 1.165) is 24.8 Å². The maximum absolute atomic E-state index is 14.7. The molecule has 0 saturated carbocycles. The Labute approximate surface area is 297 Å². The number of sulfonamides is 1. The first kappa shape index (κ1) is 37.0. The van der Waals surface area contributed by atoms with Gasteiger partial charge in [-0.1, -0.05) is 70.5 Å². The van der Waals surface area contributed by atoms with Crippen molar-refractivity contribution in [2.75, 3.05) is 23.7 Å². The second kappa shape index (κ2) is 16.5. The maximum atomic E-state index is 14.7. The summed E-state index contributed by atoms with van der Waals surface area (Å²) in [6, 6.07) is 29.3. The Bertz CT molecular complexity index is 1800. The van der Waals surface area contributed by atoms with E-state index in [9.17, 15) is 18.0 Å². The van der Waals surface area contributed by atoms with Gasteiger partial charge in [0.15, 0.2) is 0 Å². The summed E-state index contributed by atoms with van der Waals surface area (Å²) < 4.78 is 36.6. The molecule has 0 spiro atoms. The topological polar surface area (TPSA) is 96.0 Å². The summed E-state index contributed by atoms with van der Waals surface area (Å²) in [6.07, 6.45) is 2.13. The highest BCUT2D eigenvalue weighted by Crippen LogP contribution is 2.33. The Morgan fingerprint density at radius 2 is 1.54 bits per heavy atom. The first-order valence-electron chi connectivity index (χ1n) is 15.6. The molecule has 1 unspecified atom stereocenters. The molecule has 48 heavy (non-hydrogen) atoms. The van der Waals surface area contributed by atoms with Gasteiger partial charge in [0.2, 0.25) is 11.8 Å². The highest BCUT2D eigenvalue weighted by atomic mass is 79.9. The minimum atomic E-state index is -4.27. The number of carbonyl (C=O) groups is 2. The number of rotatable bonds is 14. The summed E-state index contributed by atoms with van der Waals surface area (Å²) >= 11 is 5.02. The van der Waals surface area contributed by atoms with Crippen molar-refractivity contribution in [1.82, 2.24) is 10.2 Å². The van der Waals surface area contributed by atoms with Crippen LogP contribution in [0.2, 0.25) is 0 Å². The summed E-state index contributed by atoms with van der Waals surface area (Å²) in [6.45, 7) is 7.24. The monoisotopic (exact) mass is 751 g/mol. The van der Waals surface area contributed by atoms with Gasteiger partial charge in [-0.25, -0.2) is 8.42 Å². The molecule has 0 heterocycles. The number of hydrogen-bond donors (Lipinski definition) is 1. The fourth-order valence-electron chi connectivity index (χ4n) is 5.17. The van der Waals surface area contributed by atoms with Gasteiger partial charge in [-0.2, -0.15) is 0 Å². The second-order valence-electron chi connectivity index (χ2n) is 12.2. The molecule has 0 fully saturated rings. The zero-order valence-electron chi connectivity index (χ0n) is 27.9. The van der Waals surface area contributed by atoms with E-state index in [2.05, 4.69) is 21.2 Å². The van der Waals surface area contributed by atoms with E-state index < -0.39 is 34.1 Å². The largest absolute Gasteiger partial charge is 0.492 e. The lowest BCUT2D eigenvalue weighted by Crippen LogP contribution is -2.56. The van der Waals surface area contributed by atoms with E-state index in [4.69, 9.17) is 4.74 Å². The van der Waals surface area contributed by atoms with E-state index in [1.54, 1.807) is 36.4 Å². The van der Waals surface area contributed by atoms with Crippen LogP contribution >= 0.6 is 27.7 Å². The van der Waals surface area contributed by atoms with Crippen molar-refractivity contribution in [3.8, 4) is 5.75 Å². The van der Waals surface area contributed by atoms with Gasteiger partial charge in [0.05, 0.1) is 17.2 Å². The standard InChI is InChI=1S/C37H42BrN3O5S2/c1-6-46-34-18-11-10-17-32(34)41(48(44,45)31-21-19-30(47-5)20-22-31)26-35(42)40(25-28-15-12-16-29(38)23-28)33(36(43)39-37(2,3)4)24-27-13-8-7-9-14-27/h7-23,33H,6,24-26H2,1-5H3,(H,39,43). The van der Waals surface area contributed by atoms with E-state index in [0.29, 0.717) is 12.4 Å². The molecule has 0 aromatic heterocycles. The van der Waals surface area contributed by atoms with Gasteiger partial charge in [0.25, 0.3) is 10.0 Å². The van der Waals surface area contributed by atoms with E-state index >= 15 is 0 Å². The van der Waals surface area contributed by atoms with Crippen molar-refractivity contribution in [3.05, 3.63) is 119 Å². The number of halogens is 1. The lowest BCUT2D eigenvalue weighted by atomic mass is 10.0. The molecule has 2 amide bonds. The van der Waals surface area contributed by atoms with Crippen LogP contribution in [-0.2, 0) is 32.6 Å². The Morgan fingerprint density at radius 1 is 0.896 bits per heavy atom. The first-order chi connectivity index (χ1) is 22.8. The molecule has 4 aromatic rings. The summed E-state index contributed by atoms with van der Waals surface area (Å²) in [5.41, 5.74) is 1.28. The lowest BCUT2D eigenvalue weighted by Gasteiger charge is -2.35. The Balaban J connectivity index is 1.86. The molecule has 0 aliphatic heterocycles. The van der Waals surface area contributed by atoms with Gasteiger partial charge < -0.3 is 15.0 Å². The first-order valence-corrected chi connectivity index (χ1v) is 19.1. The molecular weight excluding hydrogens is 710 g/mol. The molecule has 1 N–H and O–H groups in total. The highest BCUT2D eigenvalue weighted by molar-refractivity contribution is 9.10. The molecule has 0 aliphatic carbocycles. The van der Waals surface area contributed by atoms with E-state index in [1.165, 1.54) is 28.8 Å².